The number of aliphatic hydroxyl groups excluding tert-OH is 2. The van der Waals surface area contributed by atoms with Gasteiger partial charge in [-0.05, 0) is 84.5 Å². The molecule has 0 amide bonds. The molecule has 0 bridgehead atoms. The number of aliphatic hydroxyl groups is 2. The highest BCUT2D eigenvalue weighted by molar-refractivity contribution is 9.15. The largest absolute Gasteiger partial charge is 0.460 e. The van der Waals surface area contributed by atoms with E-state index < -0.39 is 24.1 Å². The number of benzene rings is 1. The fraction of sp³-hybridized carbons (Fsp3) is 0.619. The average molecular weight is 744 g/mol. The Hall–Kier alpha value is -0.120. The number of ether oxygens (including phenoxy) is 5. The molecule has 0 aromatic heterocycles. The van der Waals surface area contributed by atoms with Crippen LogP contribution in [0.5, 0.6) is 0 Å². The fourth-order valence-corrected chi connectivity index (χ4v) is 4.81. The van der Waals surface area contributed by atoms with Crippen molar-refractivity contribution in [1.29, 1.82) is 0 Å². The monoisotopic (exact) mass is 740 g/mol. The molecule has 3 unspecified atom stereocenters. The minimum Gasteiger partial charge on any atom is -0.460 e. The maximum absolute atomic E-state index is 12.8. The highest BCUT2D eigenvalue weighted by Crippen LogP contribution is 2.42. The van der Waals surface area contributed by atoms with E-state index in [1.165, 1.54) is 6.92 Å². The first-order chi connectivity index (χ1) is 16.0. The van der Waals surface area contributed by atoms with E-state index in [1.807, 2.05) is 6.92 Å². The highest BCUT2D eigenvalue weighted by atomic mass is 79.9. The Bertz CT molecular complexity index is 818. The maximum Gasteiger partial charge on any atom is 0.340 e. The number of carbonyl (C=O) groups excluding carboxylic acids is 2. The molecule has 13 heteroatoms. The van der Waals surface area contributed by atoms with E-state index in [9.17, 15) is 19.8 Å². The number of hydrogen-bond donors (Lipinski definition) is 2. The lowest BCUT2D eigenvalue weighted by molar-refractivity contribution is -0.0474. The zero-order chi connectivity index (χ0) is 25.8. The van der Waals surface area contributed by atoms with E-state index in [4.69, 9.17) is 23.7 Å². The van der Waals surface area contributed by atoms with E-state index in [1.54, 1.807) is 6.92 Å². The topological polar surface area (TPSA) is 121 Å². The van der Waals surface area contributed by atoms with Crippen molar-refractivity contribution in [3.63, 3.8) is 0 Å². The van der Waals surface area contributed by atoms with Gasteiger partial charge in [0.1, 0.15) is 13.2 Å². The predicted octanol–water partition coefficient (Wildman–Crippen LogP) is 4.25. The van der Waals surface area contributed by atoms with Gasteiger partial charge in [-0.15, -0.1) is 0 Å². The molecule has 0 radical (unpaired) electrons. The van der Waals surface area contributed by atoms with Crippen molar-refractivity contribution in [3.8, 4) is 0 Å². The Morgan fingerprint density at radius 2 is 1.15 bits per heavy atom. The lowest BCUT2D eigenvalue weighted by Crippen LogP contribution is -2.22. The molecule has 1 aromatic carbocycles. The lowest BCUT2D eigenvalue weighted by atomic mass is 10.1. The highest BCUT2D eigenvalue weighted by Gasteiger charge is 2.30. The summed E-state index contributed by atoms with van der Waals surface area (Å²) in [5.74, 6) is -1.55. The van der Waals surface area contributed by atoms with E-state index in [2.05, 4.69) is 63.7 Å². The average Bonchev–Trinajstić information content (AvgIpc) is 2.78. The molecule has 0 aliphatic rings. The summed E-state index contributed by atoms with van der Waals surface area (Å²) in [6.07, 6.45) is -1.54. The SMILES string of the molecule is CC(O)COC(=O)c1c(Br)c(Br)c(Br)c(Br)c1C(=O)OCCOCCOCC(C)OCC(C)O. The second kappa shape index (κ2) is 16.6. The molecule has 34 heavy (non-hydrogen) atoms. The Labute approximate surface area is 232 Å². The van der Waals surface area contributed by atoms with Crippen molar-refractivity contribution < 1.29 is 43.5 Å². The first-order valence-electron chi connectivity index (χ1n) is 10.3. The summed E-state index contributed by atoms with van der Waals surface area (Å²) in [4.78, 5) is 25.4. The van der Waals surface area contributed by atoms with Crippen LogP contribution in [0.1, 0.15) is 41.5 Å². The van der Waals surface area contributed by atoms with Crippen molar-refractivity contribution in [2.45, 2.75) is 39.1 Å². The molecule has 0 aliphatic carbocycles. The third-order valence-electron chi connectivity index (χ3n) is 3.94. The van der Waals surface area contributed by atoms with Gasteiger partial charge in [-0.1, -0.05) is 0 Å². The minimum atomic E-state index is -0.860. The summed E-state index contributed by atoms with van der Waals surface area (Å²) in [6.45, 7) is 6.03. The van der Waals surface area contributed by atoms with Gasteiger partial charge in [-0.3, -0.25) is 0 Å². The van der Waals surface area contributed by atoms with Crippen molar-refractivity contribution in [3.05, 3.63) is 29.0 Å². The molecule has 3 atom stereocenters. The van der Waals surface area contributed by atoms with Gasteiger partial charge in [0.25, 0.3) is 0 Å². The molecule has 0 heterocycles. The summed E-state index contributed by atoms with van der Waals surface area (Å²) in [5.41, 5.74) is -0.0825. The molecule has 0 aliphatic heterocycles. The minimum absolute atomic E-state index is 0.0351. The van der Waals surface area contributed by atoms with Crippen molar-refractivity contribution >= 4 is 75.7 Å². The molecular weight excluding hydrogens is 716 g/mol. The number of hydrogen-bond acceptors (Lipinski definition) is 9. The normalized spacial score (nSPS) is 13.9. The third-order valence-corrected chi connectivity index (χ3v) is 8.71. The molecule has 9 nitrogen and oxygen atoms in total. The van der Waals surface area contributed by atoms with Crippen LogP contribution in [-0.2, 0) is 23.7 Å². The Morgan fingerprint density at radius 3 is 1.68 bits per heavy atom. The molecule has 1 aromatic rings. The van der Waals surface area contributed by atoms with Crippen LogP contribution in [-0.4, -0.2) is 86.7 Å². The number of rotatable bonds is 15. The van der Waals surface area contributed by atoms with Gasteiger partial charge < -0.3 is 33.9 Å². The molecule has 0 saturated carbocycles. The van der Waals surface area contributed by atoms with Crippen LogP contribution in [0.25, 0.3) is 0 Å². The van der Waals surface area contributed by atoms with Gasteiger partial charge in [0.15, 0.2) is 0 Å². The number of halogens is 4. The quantitative estimate of drug-likeness (QED) is 0.118. The van der Waals surface area contributed by atoms with Crippen molar-refractivity contribution in [1.82, 2.24) is 0 Å². The van der Waals surface area contributed by atoms with Crippen LogP contribution in [0.4, 0.5) is 0 Å². The Morgan fingerprint density at radius 1 is 0.676 bits per heavy atom. The van der Waals surface area contributed by atoms with Gasteiger partial charge in [-0.2, -0.15) is 0 Å². The molecule has 0 fully saturated rings. The zero-order valence-electron chi connectivity index (χ0n) is 18.9. The van der Waals surface area contributed by atoms with E-state index >= 15 is 0 Å². The predicted molar refractivity (Wildman–Crippen MR) is 138 cm³/mol. The van der Waals surface area contributed by atoms with Gasteiger partial charge in [0, 0.05) is 17.9 Å². The number of esters is 2. The molecular formula is C21H28Br4O9. The van der Waals surface area contributed by atoms with Crippen LogP contribution in [0.3, 0.4) is 0 Å². The second-order valence-corrected chi connectivity index (χ2v) is 10.4. The summed E-state index contributed by atoms with van der Waals surface area (Å²) < 4.78 is 28.2. The smallest absolute Gasteiger partial charge is 0.340 e. The molecule has 194 valence electrons. The van der Waals surface area contributed by atoms with Crippen molar-refractivity contribution in [2.24, 2.45) is 0 Å². The molecule has 2 N–H and O–H groups in total. The Balaban J connectivity index is 2.59. The van der Waals surface area contributed by atoms with E-state index in [-0.39, 0.29) is 50.3 Å². The van der Waals surface area contributed by atoms with Crippen LogP contribution in [0.15, 0.2) is 17.9 Å². The van der Waals surface area contributed by atoms with Crippen LogP contribution in [0.2, 0.25) is 0 Å². The lowest BCUT2D eigenvalue weighted by Gasteiger charge is -2.16. The standard InChI is InChI=1S/C21H28Br4O9/c1-11(26)8-33-13(3)10-31-5-4-30-6-7-32-20(28)14-15(21(29)34-9-12(2)27)17(23)19(25)18(24)16(14)22/h11-13,26-27H,4-10H2,1-3H3. The molecule has 1 rings (SSSR count). The van der Waals surface area contributed by atoms with Gasteiger partial charge in [-0.25, -0.2) is 9.59 Å². The first kappa shape index (κ1) is 31.9. The molecule has 0 spiro atoms. The van der Waals surface area contributed by atoms with Crippen molar-refractivity contribution in [2.75, 3.05) is 46.2 Å². The fourth-order valence-electron chi connectivity index (χ4n) is 2.37. The van der Waals surface area contributed by atoms with Gasteiger partial charge >= 0.3 is 11.9 Å². The summed E-state index contributed by atoms with van der Waals surface area (Å²) in [7, 11) is 0. The third kappa shape index (κ3) is 10.9. The second-order valence-electron chi connectivity index (χ2n) is 7.27. The Kier molecular flexibility index (Phi) is 15.6. The van der Waals surface area contributed by atoms with Gasteiger partial charge in [0.2, 0.25) is 0 Å². The van der Waals surface area contributed by atoms with E-state index in [0.717, 1.165) is 0 Å². The van der Waals surface area contributed by atoms with Crippen LogP contribution in [0, 0.1) is 0 Å². The number of carbonyl (C=O) groups is 2. The van der Waals surface area contributed by atoms with Crippen LogP contribution < -0.4 is 0 Å². The summed E-state index contributed by atoms with van der Waals surface area (Å²) in [5, 5.41) is 18.6. The molecule has 0 saturated heterocycles. The summed E-state index contributed by atoms with van der Waals surface area (Å²) >= 11 is 13.3. The maximum atomic E-state index is 12.8. The first-order valence-corrected chi connectivity index (χ1v) is 13.5. The van der Waals surface area contributed by atoms with E-state index in [0.29, 0.717) is 31.1 Å². The zero-order valence-corrected chi connectivity index (χ0v) is 25.3. The van der Waals surface area contributed by atoms with Gasteiger partial charge in [0.05, 0.1) is 62.5 Å². The summed E-state index contributed by atoms with van der Waals surface area (Å²) in [6, 6.07) is 0. The van der Waals surface area contributed by atoms with Crippen LogP contribution >= 0.6 is 63.7 Å².